The van der Waals surface area contributed by atoms with Gasteiger partial charge in [0.25, 0.3) is 0 Å². The summed E-state index contributed by atoms with van der Waals surface area (Å²) >= 11 is 0. The lowest BCUT2D eigenvalue weighted by Crippen LogP contribution is -2.56. The molecule has 0 bridgehead atoms. The molecular weight excluding hydrogens is 340 g/mol. The highest BCUT2D eigenvalue weighted by molar-refractivity contribution is 5.88. The minimum absolute atomic E-state index is 0.0544. The van der Waals surface area contributed by atoms with Gasteiger partial charge in [0.05, 0.1) is 0 Å². The molecular formula is C23H36O4. The smallest absolute Gasteiger partial charge is 0.302 e. The van der Waals surface area contributed by atoms with E-state index in [-0.39, 0.29) is 34.7 Å². The fraction of sp³-hybridized carbons (Fsp3) is 0.870. The standard InChI is InChI=1S/C23H36O4/c1-5-16(10-13-24)23(4)12-9-20-19(21(23)26)7-6-17-14-18(27-15(2)25)8-11-22(17,20)3/h13,16-20H,5-12,14H2,1-4H3/t16?,17-,18+,19-,20+,22+,23-/m1/s1. The number of hydrogen-bond acceptors (Lipinski definition) is 4. The Morgan fingerprint density at radius 3 is 2.59 bits per heavy atom. The first-order valence-corrected chi connectivity index (χ1v) is 10.9. The van der Waals surface area contributed by atoms with Gasteiger partial charge in [0.2, 0.25) is 0 Å². The SMILES string of the molecule is CCC(CC=O)[C@@]1(C)CC[C@H]2[C@@H](CC[C@@H]3C[C@@H](OC(C)=O)CC[C@@]32C)C1=O. The van der Waals surface area contributed by atoms with Gasteiger partial charge in [-0.3, -0.25) is 9.59 Å². The summed E-state index contributed by atoms with van der Waals surface area (Å²) in [6.45, 7) is 8.11. The van der Waals surface area contributed by atoms with Crippen LogP contribution in [-0.4, -0.2) is 24.1 Å². The molecule has 3 fully saturated rings. The van der Waals surface area contributed by atoms with Crippen molar-refractivity contribution in [3.63, 3.8) is 0 Å². The van der Waals surface area contributed by atoms with Crippen LogP contribution >= 0.6 is 0 Å². The Morgan fingerprint density at radius 1 is 1.22 bits per heavy atom. The number of hydrogen-bond donors (Lipinski definition) is 0. The highest BCUT2D eigenvalue weighted by Gasteiger charge is 2.58. The lowest BCUT2D eigenvalue weighted by molar-refractivity contribution is -0.163. The molecule has 0 aromatic heterocycles. The van der Waals surface area contributed by atoms with E-state index in [4.69, 9.17) is 4.74 Å². The Balaban J connectivity index is 1.78. The molecule has 3 rings (SSSR count). The van der Waals surface area contributed by atoms with Crippen molar-refractivity contribution >= 4 is 18.0 Å². The van der Waals surface area contributed by atoms with Crippen LogP contribution in [0.2, 0.25) is 0 Å². The van der Waals surface area contributed by atoms with Crippen molar-refractivity contribution in [3.8, 4) is 0 Å². The molecule has 1 unspecified atom stereocenters. The van der Waals surface area contributed by atoms with E-state index in [9.17, 15) is 14.4 Å². The molecule has 0 aromatic carbocycles. The molecule has 0 aliphatic heterocycles. The second-order valence-electron chi connectivity index (χ2n) is 9.83. The van der Waals surface area contributed by atoms with Crippen molar-refractivity contribution in [1.29, 1.82) is 0 Å². The van der Waals surface area contributed by atoms with Crippen molar-refractivity contribution in [1.82, 2.24) is 0 Å². The molecule has 7 atom stereocenters. The Morgan fingerprint density at radius 2 is 1.96 bits per heavy atom. The number of Topliss-reactive ketones (excluding diaryl/α,β-unsaturated/α-hetero) is 1. The summed E-state index contributed by atoms with van der Waals surface area (Å²) < 4.78 is 5.51. The molecule has 0 saturated heterocycles. The zero-order valence-corrected chi connectivity index (χ0v) is 17.5. The first kappa shape index (κ1) is 20.5. The molecule has 3 aliphatic carbocycles. The fourth-order valence-corrected chi connectivity index (χ4v) is 6.95. The van der Waals surface area contributed by atoms with Crippen LogP contribution in [0.25, 0.3) is 0 Å². The molecule has 152 valence electrons. The van der Waals surface area contributed by atoms with E-state index in [1.807, 2.05) is 0 Å². The number of esters is 1. The Labute approximate surface area is 163 Å². The van der Waals surface area contributed by atoms with Gasteiger partial charge in [0.15, 0.2) is 0 Å². The van der Waals surface area contributed by atoms with Gasteiger partial charge >= 0.3 is 5.97 Å². The van der Waals surface area contributed by atoms with Crippen LogP contribution in [-0.2, 0) is 19.1 Å². The predicted octanol–water partition coefficient (Wildman–Crippen LogP) is 4.74. The normalized spacial score (nSPS) is 42.6. The summed E-state index contributed by atoms with van der Waals surface area (Å²) in [5.74, 6) is 1.57. The number of aldehydes is 1. The number of carbonyl (C=O) groups excluding carboxylic acids is 3. The fourth-order valence-electron chi connectivity index (χ4n) is 6.95. The minimum atomic E-state index is -0.338. The molecule has 0 radical (unpaired) electrons. The van der Waals surface area contributed by atoms with Crippen molar-refractivity contribution < 1.29 is 19.1 Å². The van der Waals surface area contributed by atoms with Crippen LogP contribution in [0.3, 0.4) is 0 Å². The number of rotatable bonds is 5. The quantitative estimate of drug-likeness (QED) is 0.514. The van der Waals surface area contributed by atoms with E-state index in [2.05, 4.69) is 20.8 Å². The number of ether oxygens (including phenoxy) is 1. The summed E-state index contributed by atoms with van der Waals surface area (Å²) in [4.78, 5) is 36.1. The molecule has 0 heterocycles. The third kappa shape index (κ3) is 3.49. The molecule has 3 saturated carbocycles. The molecule has 4 nitrogen and oxygen atoms in total. The van der Waals surface area contributed by atoms with Crippen LogP contribution in [0.4, 0.5) is 0 Å². The van der Waals surface area contributed by atoms with Gasteiger partial charge in [0, 0.05) is 24.7 Å². The summed E-state index contributed by atoms with van der Waals surface area (Å²) in [7, 11) is 0. The van der Waals surface area contributed by atoms with Gasteiger partial charge in [-0.1, -0.05) is 27.2 Å². The van der Waals surface area contributed by atoms with E-state index in [0.29, 0.717) is 24.0 Å². The zero-order chi connectivity index (χ0) is 19.8. The van der Waals surface area contributed by atoms with Gasteiger partial charge in [-0.15, -0.1) is 0 Å². The summed E-state index contributed by atoms with van der Waals surface area (Å²) in [6.07, 6.45) is 9.38. The van der Waals surface area contributed by atoms with Crippen molar-refractivity contribution in [2.45, 2.75) is 91.6 Å². The maximum Gasteiger partial charge on any atom is 0.302 e. The topological polar surface area (TPSA) is 60.4 Å². The number of ketones is 1. The van der Waals surface area contributed by atoms with Gasteiger partial charge < -0.3 is 9.53 Å². The first-order valence-electron chi connectivity index (χ1n) is 10.9. The third-order valence-electron chi connectivity index (χ3n) is 8.63. The van der Waals surface area contributed by atoms with E-state index in [1.165, 1.54) is 6.92 Å². The molecule has 27 heavy (non-hydrogen) atoms. The average Bonchev–Trinajstić information content (AvgIpc) is 2.62. The summed E-state index contributed by atoms with van der Waals surface area (Å²) in [6, 6.07) is 0. The van der Waals surface area contributed by atoms with Crippen molar-refractivity contribution in [2.75, 3.05) is 0 Å². The predicted molar refractivity (Wildman–Crippen MR) is 104 cm³/mol. The third-order valence-corrected chi connectivity index (χ3v) is 8.63. The minimum Gasteiger partial charge on any atom is -0.463 e. The highest BCUT2D eigenvalue weighted by Crippen LogP contribution is 2.61. The highest BCUT2D eigenvalue weighted by atomic mass is 16.5. The van der Waals surface area contributed by atoms with E-state index in [0.717, 1.165) is 57.7 Å². The Kier molecular flexibility index (Phi) is 5.84. The second-order valence-corrected chi connectivity index (χ2v) is 9.83. The van der Waals surface area contributed by atoms with Gasteiger partial charge in [0.1, 0.15) is 18.2 Å². The molecule has 0 spiro atoms. The second kappa shape index (κ2) is 7.67. The zero-order valence-electron chi connectivity index (χ0n) is 17.5. The maximum atomic E-state index is 13.6. The van der Waals surface area contributed by atoms with E-state index >= 15 is 0 Å². The first-order chi connectivity index (χ1) is 12.8. The lowest BCUT2D eigenvalue weighted by Gasteiger charge is -2.58. The van der Waals surface area contributed by atoms with E-state index < -0.39 is 0 Å². The van der Waals surface area contributed by atoms with Crippen molar-refractivity contribution in [3.05, 3.63) is 0 Å². The van der Waals surface area contributed by atoms with Crippen LogP contribution in [0.15, 0.2) is 0 Å². The van der Waals surface area contributed by atoms with Crippen LogP contribution in [0.5, 0.6) is 0 Å². The lowest BCUT2D eigenvalue weighted by atomic mass is 9.46. The molecule has 4 heteroatoms. The summed E-state index contributed by atoms with van der Waals surface area (Å²) in [5, 5.41) is 0. The van der Waals surface area contributed by atoms with Crippen molar-refractivity contribution in [2.24, 2.45) is 34.5 Å². The molecule has 0 N–H and O–H groups in total. The van der Waals surface area contributed by atoms with Gasteiger partial charge in [-0.25, -0.2) is 0 Å². The largest absolute Gasteiger partial charge is 0.463 e. The van der Waals surface area contributed by atoms with Crippen LogP contribution < -0.4 is 0 Å². The summed E-state index contributed by atoms with van der Waals surface area (Å²) in [5.41, 5.74) is -0.155. The van der Waals surface area contributed by atoms with Crippen LogP contribution in [0.1, 0.15) is 85.5 Å². The molecule has 3 aliphatic rings. The average molecular weight is 377 g/mol. The maximum absolute atomic E-state index is 13.6. The Bertz CT molecular complexity index is 599. The monoisotopic (exact) mass is 376 g/mol. The van der Waals surface area contributed by atoms with Gasteiger partial charge in [-0.2, -0.15) is 0 Å². The molecule has 0 amide bonds. The number of fused-ring (bicyclic) bond motifs is 3. The van der Waals surface area contributed by atoms with Crippen LogP contribution in [0, 0.1) is 34.5 Å². The Hall–Kier alpha value is -1.19. The van der Waals surface area contributed by atoms with E-state index in [1.54, 1.807) is 0 Å². The van der Waals surface area contributed by atoms with Gasteiger partial charge in [-0.05, 0) is 68.1 Å². The number of carbonyl (C=O) groups is 3. The molecule has 0 aromatic rings.